The van der Waals surface area contributed by atoms with Crippen LogP contribution >= 0.6 is 0 Å². The SMILES string of the molecule is COCCc1nc([N+](=O)[O-])ccc1N. The molecule has 0 bridgehead atoms. The summed E-state index contributed by atoms with van der Waals surface area (Å²) >= 11 is 0. The number of aromatic nitrogens is 1. The Labute approximate surface area is 80.9 Å². The second kappa shape index (κ2) is 4.52. The van der Waals surface area contributed by atoms with E-state index in [1.165, 1.54) is 12.1 Å². The van der Waals surface area contributed by atoms with Crippen molar-refractivity contribution in [1.29, 1.82) is 0 Å². The van der Waals surface area contributed by atoms with Crippen LogP contribution in [-0.4, -0.2) is 23.6 Å². The Balaban J connectivity index is 2.90. The number of methoxy groups -OCH3 is 1. The Bertz CT molecular complexity index is 341. The highest BCUT2D eigenvalue weighted by Gasteiger charge is 2.12. The number of hydrogen-bond donors (Lipinski definition) is 1. The normalized spacial score (nSPS) is 10.1. The van der Waals surface area contributed by atoms with Crippen molar-refractivity contribution in [2.75, 3.05) is 19.5 Å². The summed E-state index contributed by atoms with van der Waals surface area (Å²) in [6.07, 6.45) is 0.476. The van der Waals surface area contributed by atoms with Crippen molar-refractivity contribution in [2.24, 2.45) is 0 Å². The van der Waals surface area contributed by atoms with E-state index in [4.69, 9.17) is 10.5 Å². The summed E-state index contributed by atoms with van der Waals surface area (Å²) in [7, 11) is 1.55. The maximum atomic E-state index is 10.4. The molecule has 1 rings (SSSR count). The predicted molar refractivity (Wildman–Crippen MR) is 50.9 cm³/mol. The van der Waals surface area contributed by atoms with Crippen molar-refractivity contribution in [1.82, 2.24) is 4.98 Å². The molecule has 0 saturated heterocycles. The third-order valence-electron chi connectivity index (χ3n) is 1.72. The molecular weight excluding hydrogens is 186 g/mol. The van der Waals surface area contributed by atoms with Crippen LogP contribution in [-0.2, 0) is 11.2 Å². The van der Waals surface area contributed by atoms with Gasteiger partial charge >= 0.3 is 5.82 Å². The Kier molecular flexibility index (Phi) is 3.35. The first kappa shape index (κ1) is 10.4. The average Bonchev–Trinajstić information content (AvgIpc) is 2.16. The monoisotopic (exact) mass is 197 g/mol. The van der Waals surface area contributed by atoms with E-state index < -0.39 is 4.92 Å². The van der Waals surface area contributed by atoms with Crippen LogP contribution in [0.1, 0.15) is 5.69 Å². The standard InChI is InChI=1S/C8H11N3O3/c1-14-5-4-7-6(9)2-3-8(10-7)11(12)13/h2-3H,4-5,9H2,1H3. The molecular formula is C8H11N3O3. The molecule has 0 radical (unpaired) electrons. The molecule has 2 N–H and O–H groups in total. The number of nitrogens with zero attached hydrogens (tertiary/aromatic N) is 2. The van der Waals surface area contributed by atoms with Crippen molar-refractivity contribution >= 4 is 11.5 Å². The van der Waals surface area contributed by atoms with Gasteiger partial charge in [-0.15, -0.1) is 0 Å². The van der Waals surface area contributed by atoms with E-state index >= 15 is 0 Å². The molecule has 0 aliphatic carbocycles. The topological polar surface area (TPSA) is 91.3 Å². The molecule has 14 heavy (non-hydrogen) atoms. The van der Waals surface area contributed by atoms with Gasteiger partial charge in [-0.1, -0.05) is 0 Å². The first-order valence-corrected chi connectivity index (χ1v) is 4.04. The van der Waals surface area contributed by atoms with Crippen LogP contribution in [0.2, 0.25) is 0 Å². The molecule has 76 valence electrons. The lowest BCUT2D eigenvalue weighted by molar-refractivity contribution is -0.389. The van der Waals surface area contributed by atoms with Gasteiger partial charge in [0.25, 0.3) is 0 Å². The third kappa shape index (κ3) is 2.40. The summed E-state index contributed by atoms with van der Waals surface area (Å²) in [6, 6.07) is 2.77. The molecule has 0 spiro atoms. The van der Waals surface area contributed by atoms with E-state index in [1.807, 2.05) is 0 Å². The number of nitro groups is 1. The van der Waals surface area contributed by atoms with Gasteiger partial charge in [-0.05, 0) is 16.0 Å². The molecule has 0 amide bonds. The second-order valence-electron chi connectivity index (χ2n) is 2.71. The molecule has 0 saturated carbocycles. The quantitative estimate of drug-likeness (QED) is 0.568. The lowest BCUT2D eigenvalue weighted by atomic mass is 10.2. The highest BCUT2D eigenvalue weighted by Crippen LogP contribution is 2.15. The van der Waals surface area contributed by atoms with Crippen molar-refractivity contribution in [3.05, 3.63) is 27.9 Å². The minimum Gasteiger partial charge on any atom is -0.395 e. The molecule has 1 aromatic rings. The molecule has 6 nitrogen and oxygen atoms in total. The molecule has 0 aliphatic rings. The van der Waals surface area contributed by atoms with Crippen molar-refractivity contribution in [3.63, 3.8) is 0 Å². The first-order valence-electron chi connectivity index (χ1n) is 4.04. The fourth-order valence-corrected chi connectivity index (χ4v) is 1.00. The Hall–Kier alpha value is -1.69. The van der Waals surface area contributed by atoms with Crippen LogP contribution in [0.15, 0.2) is 12.1 Å². The fraction of sp³-hybridized carbons (Fsp3) is 0.375. The van der Waals surface area contributed by atoms with Gasteiger partial charge < -0.3 is 20.6 Å². The van der Waals surface area contributed by atoms with Crippen molar-refractivity contribution in [3.8, 4) is 0 Å². The molecule has 0 atom stereocenters. The van der Waals surface area contributed by atoms with Crippen LogP contribution in [0.4, 0.5) is 11.5 Å². The Morgan fingerprint density at radius 3 is 2.93 bits per heavy atom. The third-order valence-corrected chi connectivity index (χ3v) is 1.72. The average molecular weight is 197 g/mol. The van der Waals surface area contributed by atoms with Gasteiger partial charge in [0, 0.05) is 19.6 Å². The molecule has 1 heterocycles. The second-order valence-corrected chi connectivity index (χ2v) is 2.71. The molecule has 1 aromatic heterocycles. The summed E-state index contributed by atoms with van der Waals surface area (Å²) in [4.78, 5) is 13.7. The van der Waals surface area contributed by atoms with Gasteiger partial charge in [0.15, 0.2) is 5.69 Å². The molecule has 0 unspecified atom stereocenters. The highest BCUT2D eigenvalue weighted by atomic mass is 16.6. The number of nitrogen functional groups attached to an aromatic ring is 1. The van der Waals surface area contributed by atoms with E-state index in [0.29, 0.717) is 24.4 Å². The van der Waals surface area contributed by atoms with E-state index in [2.05, 4.69) is 4.98 Å². The number of ether oxygens (including phenoxy) is 1. The molecule has 6 heteroatoms. The van der Waals surface area contributed by atoms with Crippen LogP contribution in [0.3, 0.4) is 0 Å². The van der Waals surface area contributed by atoms with Gasteiger partial charge in [0.05, 0.1) is 12.3 Å². The maximum absolute atomic E-state index is 10.4. The first-order chi connectivity index (χ1) is 6.65. The van der Waals surface area contributed by atoms with Crippen LogP contribution in [0, 0.1) is 10.1 Å². The minimum absolute atomic E-state index is 0.190. The number of rotatable bonds is 4. The summed E-state index contributed by atoms with van der Waals surface area (Å²) in [5.74, 6) is -0.190. The zero-order valence-electron chi connectivity index (χ0n) is 7.77. The summed E-state index contributed by atoms with van der Waals surface area (Å²) in [5.41, 5.74) is 6.54. The lowest BCUT2D eigenvalue weighted by Gasteiger charge is -1.99. The number of pyridine rings is 1. The van der Waals surface area contributed by atoms with E-state index in [9.17, 15) is 10.1 Å². The van der Waals surface area contributed by atoms with E-state index in [0.717, 1.165) is 0 Å². The van der Waals surface area contributed by atoms with E-state index in [-0.39, 0.29) is 5.82 Å². The van der Waals surface area contributed by atoms with Gasteiger partial charge in [0.2, 0.25) is 0 Å². The number of hydrogen-bond acceptors (Lipinski definition) is 5. The lowest BCUT2D eigenvalue weighted by Crippen LogP contribution is -2.04. The van der Waals surface area contributed by atoms with Crippen LogP contribution < -0.4 is 5.73 Å². The Morgan fingerprint density at radius 2 is 2.36 bits per heavy atom. The van der Waals surface area contributed by atoms with Crippen LogP contribution in [0.25, 0.3) is 0 Å². The van der Waals surface area contributed by atoms with Gasteiger partial charge in [0.1, 0.15) is 0 Å². The maximum Gasteiger partial charge on any atom is 0.363 e. The smallest absolute Gasteiger partial charge is 0.363 e. The molecule has 0 fully saturated rings. The van der Waals surface area contributed by atoms with Crippen molar-refractivity contribution in [2.45, 2.75) is 6.42 Å². The molecule has 0 aromatic carbocycles. The van der Waals surface area contributed by atoms with Crippen LogP contribution in [0.5, 0.6) is 0 Å². The Morgan fingerprint density at radius 1 is 1.64 bits per heavy atom. The number of anilines is 1. The zero-order chi connectivity index (χ0) is 10.6. The summed E-state index contributed by atoms with van der Waals surface area (Å²) in [5, 5.41) is 10.4. The van der Waals surface area contributed by atoms with E-state index in [1.54, 1.807) is 7.11 Å². The zero-order valence-corrected chi connectivity index (χ0v) is 7.77. The predicted octanol–water partition coefficient (Wildman–Crippen LogP) is 0.761. The van der Waals surface area contributed by atoms with Gasteiger partial charge in [-0.2, -0.15) is 0 Å². The fourth-order valence-electron chi connectivity index (χ4n) is 1.00. The molecule has 0 aliphatic heterocycles. The highest BCUT2D eigenvalue weighted by molar-refractivity contribution is 5.46. The number of nitrogens with two attached hydrogens (primary N) is 1. The largest absolute Gasteiger partial charge is 0.395 e. The summed E-state index contributed by atoms with van der Waals surface area (Å²) < 4.78 is 4.84. The summed E-state index contributed by atoms with van der Waals surface area (Å²) in [6.45, 7) is 0.443. The minimum atomic E-state index is -0.546. The van der Waals surface area contributed by atoms with Crippen molar-refractivity contribution < 1.29 is 9.66 Å². The van der Waals surface area contributed by atoms with Gasteiger partial charge in [-0.25, -0.2) is 0 Å². The van der Waals surface area contributed by atoms with Gasteiger partial charge in [-0.3, -0.25) is 0 Å².